The first kappa shape index (κ1) is 14.5. The van der Waals surface area contributed by atoms with Gasteiger partial charge in [0.15, 0.2) is 0 Å². The summed E-state index contributed by atoms with van der Waals surface area (Å²) in [6, 6.07) is 0.0166. The monoisotopic (exact) mass is 253 g/mol. The summed E-state index contributed by atoms with van der Waals surface area (Å²) in [7, 11) is 3.49. The van der Waals surface area contributed by atoms with Gasteiger partial charge in [-0.15, -0.1) is 0 Å². The van der Waals surface area contributed by atoms with Gasteiger partial charge in [-0.3, -0.25) is 4.79 Å². The van der Waals surface area contributed by atoms with Crippen molar-refractivity contribution < 1.29 is 9.59 Å². The largest absolute Gasteiger partial charge is 0.335 e. The molecule has 0 aromatic heterocycles. The van der Waals surface area contributed by atoms with Crippen molar-refractivity contribution in [3.05, 3.63) is 11.6 Å². The highest BCUT2D eigenvalue weighted by molar-refractivity contribution is 5.93. The molecule has 0 bridgehead atoms. The van der Waals surface area contributed by atoms with E-state index in [0.717, 1.165) is 12.0 Å². The summed E-state index contributed by atoms with van der Waals surface area (Å²) < 4.78 is 0. The zero-order valence-corrected chi connectivity index (χ0v) is 11.8. The maximum absolute atomic E-state index is 12.0. The minimum atomic E-state index is 0.0166. The van der Waals surface area contributed by atoms with Crippen molar-refractivity contribution in [2.75, 3.05) is 40.3 Å². The van der Waals surface area contributed by atoms with E-state index in [9.17, 15) is 9.59 Å². The van der Waals surface area contributed by atoms with E-state index < -0.39 is 0 Å². The Bertz CT molecular complexity index is 342. The Morgan fingerprint density at radius 2 is 1.61 bits per heavy atom. The van der Waals surface area contributed by atoms with Crippen molar-refractivity contribution in [3.8, 4) is 0 Å². The normalized spacial score (nSPS) is 16.8. The number of carbonyl (C=O) groups is 2. The van der Waals surface area contributed by atoms with Crippen molar-refractivity contribution in [2.45, 2.75) is 20.3 Å². The molecular formula is C13H23N3O2. The van der Waals surface area contributed by atoms with Gasteiger partial charge in [-0.1, -0.05) is 13.0 Å². The standard InChI is InChI=1S/C13H23N3O2/c1-5-6-11(2)12(17)15-7-9-16(10-8-15)13(18)14(3)4/h6H,5,7-10H2,1-4H3. The average molecular weight is 253 g/mol. The summed E-state index contributed by atoms with van der Waals surface area (Å²) in [6.07, 6.45) is 2.82. The number of amides is 3. The van der Waals surface area contributed by atoms with Crippen LogP contribution in [0.5, 0.6) is 0 Å². The Morgan fingerprint density at radius 1 is 1.11 bits per heavy atom. The average Bonchev–Trinajstić information content (AvgIpc) is 2.37. The fourth-order valence-electron chi connectivity index (χ4n) is 2.03. The fraction of sp³-hybridized carbons (Fsp3) is 0.692. The van der Waals surface area contributed by atoms with Gasteiger partial charge in [-0.05, 0) is 13.3 Å². The molecule has 0 aromatic rings. The molecule has 1 fully saturated rings. The van der Waals surface area contributed by atoms with Crippen LogP contribution in [0, 0.1) is 0 Å². The number of hydrogen-bond acceptors (Lipinski definition) is 2. The van der Waals surface area contributed by atoms with Crippen molar-refractivity contribution in [1.29, 1.82) is 0 Å². The molecule has 0 atom stereocenters. The number of urea groups is 1. The molecule has 3 amide bonds. The second kappa shape index (κ2) is 6.42. The van der Waals surface area contributed by atoms with Crippen LogP contribution in [0.3, 0.4) is 0 Å². The van der Waals surface area contributed by atoms with Crippen LogP contribution in [-0.4, -0.2) is 66.9 Å². The molecule has 5 heteroatoms. The topological polar surface area (TPSA) is 43.9 Å². The van der Waals surface area contributed by atoms with Crippen LogP contribution >= 0.6 is 0 Å². The van der Waals surface area contributed by atoms with Gasteiger partial charge in [-0.2, -0.15) is 0 Å². The molecule has 0 unspecified atom stereocenters. The second-order valence-corrected chi connectivity index (χ2v) is 4.75. The Labute approximate surface area is 109 Å². The van der Waals surface area contributed by atoms with E-state index in [1.165, 1.54) is 0 Å². The van der Waals surface area contributed by atoms with Gasteiger partial charge in [-0.25, -0.2) is 4.79 Å². The van der Waals surface area contributed by atoms with Crippen LogP contribution in [0.15, 0.2) is 11.6 Å². The molecule has 5 nitrogen and oxygen atoms in total. The van der Waals surface area contributed by atoms with Crippen LogP contribution in [0.25, 0.3) is 0 Å². The van der Waals surface area contributed by atoms with Crippen LogP contribution in [0.4, 0.5) is 4.79 Å². The van der Waals surface area contributed by atoms with E-state index in [1.54, 1.807) is 23.9 Å². The highest BCUT2D eigenvalue weighted by Gasteiger charge is 2.25. The molecule has 102 valence electrons. The Hall–Kier alpha value is -1.52. The lowest BCUT2D eigenvalue weighted by atomic mass is 10.2. The SMILES string of the molecule is CCC=C(C)C(=O)N1CCN(C(=O)N(C)C)CC1. The summed E-state index contributed by atoms with van der Waals surface area (Å²) in [5.74, 6) is 0.0915. The summed E-state index contributed by atoms with van der Waals surface area (Å²) in [5, 5.41) is 0. The van der Waals surface area contributed by atoms with E-state index >= 15 is 0 Å². The molecule has 0 spiro atoms. The predicted molar refractivity (Wildman–Crippen MR) is 71.3 cm³/mol. The third-order valence-corrected chi connectivity index (χ3v) is 3.07. The molecule has 18 heavy (non-hydrogen) atoms. The Morgan fingerprint density at radius 3 is 2.06 bits per heavy atom. The first-order valence-corrected chi connectivity index (χ1v) is 6.39. The molecule has 0 N–H and O–H groups in total. The van der Waals surface area contributed by atoms with Gasteiger partial charge in [0.1, 0.15) is 0 Å². The maximum atomic E-state index is 12.0. The molecular weight excluding hydrogens is 230 g/mol. The van der Waals surface area contributed by atoms with Crippen LogP contribution in [-0.2, 0) is 4.79 Å². The Balaban J connectivity index is 2.52. The number of nitrogens with zero attached hydrogens (tertiary/aromatic N) is 3. The summed E-state index contributed by atoms with van der Waals surface area (Å²) in [5.41, 5.74) is 0.796. The lowest BCUT2D eigenvalue weighted by molar-refractivity contribution is -0.128. The molecule has 1 rings (SSSR count). The van der Waals surface area contributed by atoms with E-state index in [-0.39, 0.29) is 11.9 Å². The van der Waals surface area contributed by atoms with Crippen molar-refractivity contribution in [3.63, 3.8) is 0 Å². The molecule has 1 heterocycles. The molecule has 0 aromatic carbocycles. The minimum absolute atomic E-state index is 0.0166. The Kier molecular flexibility index (Phi) is 5.19. The summed E-state index contributed by atoms with van der Waals surface area (Å²) >= 11 is 0. The van der Waals surface area contributed by atoms with E-state index in [2.05, 4.69) is 0 Å². The number of piperazine rings is 1. The van der Waals surface area contributed by atoms with Crippen LogP contribution < -0.4 is 0 Å². The van der Waals surface area contributed by atoms with Crippen LogP contribution in [0.1, 0.15) is 20.3 Å². The molecule has 1 saturated heterocycles. The van der Waals surface area contributed by atoms with Gasteiger partial charge in [0.25, 0.3) is 0 Å². The van der Waals surface area contributed by atoms with E-state index in [1.807, 2.05) is 24.8 Å². The molecule has 1 aliphatic rings. The molecule has 0 saturated carbocycles. The van der Waals surface area contributed by atoms with Gasteiger partial charge in [0.05, 0.1) is 0 Å². The minimum Gasteiger partial charge on any atom is -0.335 e. The predicted octanol–water partition coefficient (Wildman–Crippen LogP) is 1.17. The number of carbonyl (C=O) groups excluding carboxylic acids is 2. The van der Waals surface area contributed by atoms with Crippen molar-refractivity contribution >= 4 is 11.9 Å². The van der Waals surface area contributed by atoms with E-state index in [4.69, 9.17) is 0 Å². The lowest BCUT2D eigenvalue weighted by Gasteiger charge is -2.36. The first-order chi connectivity index (χ1) is 8.47. The summed E-state index contributed by atoms with van der Waals surface area (Å²) in [4.78, 5) is 29.0. The smallest absolute Gasteiger partial charge is 0.319 e. The maximum Gasteiger partial charge on any atom is 0.319 e. The van der Waals surface area contributed by atoms with Gasteiger partial charge in [0.2, 0.25) is 5.91 Å². The second-order valence-electron chi connectivity index (χ2n) is 4.75. The van der Waals surface area contributed by atoms with Gasteiger partial charge in [0, 0.05) is 45.8 Å². The third-order valence-electron chi connectivity index (χ3n) is 3.07. The lowest BCUT2D eigenvalue weighted by Crippen LogP contribution is -2.53. The number of hydrogen-bond donors (Lipinski definition) is 0. The van der Waals surface area contributed by atoms with Crippen molar-refractivity contribution in [2.24, 2.45) is 0 Å². The number of rotatable bonds is 2. The molecule has 0 radical (unpaired) electrons. The highest BCUT2D eigenvalue weighted by Crippen LogP contribution is 2.08. The van der Waals surface area contributed by atoms with Gasteiger partial charge >= 0.3 is 6.03 Å². The third kappa shape index (κ3) is 3.48. The summed E-state index contributed by atoms with van der Waals surface area (Å²) in [6.45, 7) is 6.33. The first-order valence-electron chi connectivity index (χ1n) is 6.39. The quantitative estimate of drug-likeness (QED) is 0.693. The van der Waals surface area contributed by atoms with Crippen molar-refractivity contribution in [1.82, 2.24) is 14.7 Å². The highest BCUT2D eigenvalue weighted by atomic mass is 16.2. The molecule has 0 aliphatic carbocycles. The van der Waals surface area contributed by atoms with Gasteiger partial charge < -0.3 is 14.7 Å². The fourth-order valence-corrected chi connectivity index (χ4v) is 2.03. The van der Waals surface area contributed by atoms with Crippen LogP contribution in [0.2, 0.25) is 0 Å². The molecule has 1 aliphatic heterocycles. The van der Waals surface area contributed by atoms with E-state index in [0.29, 0.717) is 26.2 Å². The zero-order valence-electron chi connectivity index (χ0n) is 11.8. The zero-order chi connectivity index (χ0) is 13.7. The number of allylic oxidation sites excluding steroid dienone is 1.